The van der Waals surface area contributed by atoms with Gasteiger partial charge in [-0.2, -0.15) is 17.6 Å². The van der Waals surface area contributed by atoms with Gasteiger partial charge in [0.2, 0.25) is 17.6 Å². The van der Waals surface area contributed by atoms with Gasteiger partial charge in [-0.25, -0.2) is 4.79 Å². The Bertz CT molecular complexity index is 1700. The first-order chi connectivity index (χ1) is 24.5. The summed E-state index contributed by atoms with van der Waals surface area (Å²) in [5.41, 5.74) is 2.74. The van der Waals surface area contributed by atoms with Gasteiger partial charge in [0.25, 0.3) is 0 Å². The highest BCUT2D eigenvalue weighted by Gasteiger charge is 2.35. The van der Waals surface area contributed by atoms with Crippen LogP contribution in [0.5, 0.6) is 0 Å². The van der Waals surface area contributed by atoms with Crippen LogP contribution in [0, 0.1) is 5.92 Å². The Morgan fingerprint density at radius 1 is 0.922 bits per heavy atom. The first-order valence-corrected chi connectivity index (χ1v) is 17.8. The third-order valence-corrected chi connectivity index (χ3v) is 9.16. The summed E-state index contributed by atoms with van der Waals surface area (Å²) < 4.78 is 5.27. The number of rotatable bonds is 13. The van der Waals surface area contributed by atoms with Gasteiger partial charge < -0.3 is 24.5 Å². The van der Waals surface area contributed by atoms with Crippen molar-refractivity contribution >= 4 is 36.3 Å². The van der Waals surface area contributed by atoms with Crippen LogP contribution >= 0.6 is 12.6 Å². The molecule has 5 rings (SSSR count). The van der Waals surface area contributed by atoms with Crippen LogP contribution in [0.1, 0.15) is 73.8 Å². The molecule has 1 saturated heterocycles. The van der Waals surface area contributed by atoms with Crippen molar-refractivity contribution in [2.45, 2.75) is 58.9 Å². The summed E-state index contributed by atoms with van der Waals surface area (Å²) in [6.45, 7) is 11.3. The molecule has 1 amide bonds. The minimum absolute atomic E-state index is 0.0927. The van der Waals surface area contributed by atoms with E-state index in [0.717, 1.165) is 38.0 Å². The summed E-state index contributed by atoms with van der Waals surface area (Å²) in [5.74, 6) is -0.967. The van der Waals surface area contributed by atoms with Crippen LogP contribution in [-0.4, -0.2) is 91.8 Å². The van der Waals surface area contributed by atoms with Gasteiger partial charge in [0.05, 0.1) is 5.92 Å². The summed E-state index contributed by atoms with van der Waals surface area (Å²) in [6, 6.07) is 25.0. The van der Waals surface area contributed by atoms with Gasteiger partial charge in [0.1, 0.15) is 6.04 Å². The number of carbonyl (C=O) groups is 4. The maximum atomic E-state index is 12.2. The number of benzene rings is 3. The molecule has 1 aromatic heterocycles. The van der Waals surface area contributed by atoms with Crippen molar-refractivity contribution in [2.75, 3.05) is 31.9 Å². The zero-order valence-corrected chi connectivity index (χ0v) is 30.5. The van der Waals surface area contributed by atoms with E-state index < -0.39 is 23.9 Å². The van der Waals surface area contributed by atoms with Gasteiger partial charge >= 0.3 is 11.9 Å². The lowest BCUT2D eigenvalue weighted by molar-refractivity contribution is -0.149. The van der Waals surface area contributed by atoms with Gasteiger partial charge in [-0.05, 0) is 44.5 Å². The Morgan fingerprint density at radius 2 is 1.55 bits per heavy atom. The first-order valence-electron chi connectivity index (χ1n) is 17.2. The molecule has 3 atom stereocenters. The van der Waals surface area contributed by atoms with Gasteiger partial charge in [-0.1, -0.05) is 105 Å². The molecule has 1 aliphatic heterocycles. The Balaban J connectivity index is 0.000000209. The number of amides is 1. The number of hydrogen-bond donors (Lipinski definition) is 3. The lowest BCUT2D eigenvalue weighted by Crippen LogP contribution is -2.43. The molecule has 0 spiro atoms. The smallest absolute Gasteiger partial charge is 0.326 e. The summed E-state index contributed by atoms with van der Waals surface area (Å²) in [4.78, 5) is 53.9. The lowest BCUT2D eigenvalue weighted by atomic mass is 9.96. The molecule has 272 valence electrons. The number of carboxylic acids is 2. The van der Waals surface area contributed by atoms with E-state index >= 15 is 0 Å². The number of hydrogen-bond acceptors (Lipinski definition) is 9. The lowest BCUT2D eigenvalue weighted by Gasteiger charge is -2.24. The highest BCUT2D eigenvalue weighted by atomic mass is 32.1. The van der Waals surface area contributed by atoms with Crippen molar-refractivity contribution in [3.8, 4) is 11.4 Å². The summed E-state index contributed by atoms with van der Waals surface area (Å²) in [5, 5.41) is 21.9. The van der Waals surface area contributed by atoms with Gasteiger partial charge in [-0.3, -0.25) is 14.4 Å². The molecule has 3 aromatic carbocycles. The molecule has 11 nitrogen and oxygen atoms in total. The molecular weight excluding hydrogens is 669 g/mol. The molecule has 0 bridgehead atoms. The van der Waals surface area contributed by atoms with Gasteiger partial charge in [0, 0.05) is 47.9 Å². The number of ketones is 1. The predicted octanol–water partition coefficient (Wildman–Crippen LogP) is 6.35. The zero-order valence-electron chi connectivity index (χ0n) is 29.6. The fourth-order valence-corrected chi connectivity index (χ4v) is 5.51. The van der Waals surface area contributed by atoms with E-state index in [1.807, 2.05) is 36.4 Å². The maximum Gasteiger partial charge on any atom is 0.326 e. The van der Waals surface area contributed by atoms with Crippen molar-refractivity contribution in [3.05, 3.63) is 108 Å². The maximum absolute atomic E-state index is 12.2. The van der Waals surface area contributed by atoms with E-state index in [2.05, 4.69) is 41.5 Å². The molecular formula is C39H48N4O7S. The highest BCUT2D eigenvalue weighted by Crippen LogP contribution is 2.21. The third kappa shape index (κ3) is 12.2. The molecule has 2 heterocycles. The minimum atomic E-state index is -0.901. The second kappa shape index (κ2) is 20.8. The largest absolute Gasteiger partial charge is 0.481 e. The minimum Gasteiger partial charge on any atom is -0.481 e. The van der Waals surface area contributed by atoms with E-state index in [1.54, 1.807) is 62.4 Å². The molecule has 1 aliphatic rings. The Morgan fingerprint density at radius 3 is 2.14 bits per heavy atom. The van der Waals surface area contributed by atoms with Crippen LogP contribution in [-0.2, 0) is 20.8 Å². The van der Waals surface area contributed by atoms with Gasteiger partial charge in [0.15, 0.2) is 5.78 Å². The van der Waals surface area contributed by atoms with Crippen LogP contribution in [0.25, 0.3) is 11.4 Å². The van der Waals surface area contributed by atoms with Crippen LogP contribution in [0.4, 0.5) is 0 Å². The van der Waals surface area contributed by atoms with E-state index in [1.165, 1.54) is 4.90 Å². The molecule has 0 saturated carbocycles. The third-order valence-electron chi connectivity index (χ3n) is 8.61. The fraction of sp³-hybridized carbons (Fsp3) is 0.385. The van der Waals surface area contributed by atoms with Crippen LogP contribution in [0.2, 0.25) is 0 Å². The van der Waals surface area contributed by atoms with Crippen molar-refractivity contribution < 1.29 is 33.9 Å². The molecule has 4 aromatic rings. The SMILES string of the molecule is CC(C(=O)O)c1cccc(C(=O)c2ccccc2)c1.CCN(CC)CCc1nc(-c2ccccc2)no1.C[C@H](CS)C(=O)N1CCC[C@H]1C(=O)O. The second-order valence-electron chi connectivity index (χ2n) is 12.1. The summed E-state index contributed by atoms with van der Waals surface area (Å²) in [7, 11) is 0. The van der Waals surface area contributed by atoms with Crippen molar-refractivity contribution in [1.82, 2.24) is 19.9 Å². The molecule has 0 aliphatic carbocycles. The number of likely N-dealkylation sites (tertiary alicyclic amines) is 1. The van der Waals surface area contributed by atoms with E-state index in [4.69, 9.17) is 14.7 Å². The van der Waals surface area contributed by atoms with Crippen LogP contribution in [0.15, 0.2) is 89.5 Å². The number of carbonyl (C=O) groups excluding carboxylic acids is 2. The first kappa shape index (κ1) is 40.6. The molecule has 51 heavy (non-hydrogen) atoms. The van der Waals surface area contributed by atoms with Crippen molar-refractivity contribution in [1.29, 1.82) is 0 Å². The van der Waals surface area contributed by atoms with E-state index in [0.29, 0.717) is 47.1 Å². The normalized spacial score (nSPS) is 14.8. The van der Waals surface area contributed by atoms with Crippen LogP contribution < -0.4 is 0 Å². The average molecular weight is 717 g/mol. The van der Waals surface area contributed by atoms with Crippen LogP contribution in [0.3, 0.4) is 0 Å². The van der Waals surface area contributed by atoms with Gasteiger partial charge in [-0.15, -0.1) is 0 Å². The number of carboxylic acid groups (broad SMARTS) is 2. The molecule has 0 radical (unpaired) electrons. The Hall–Kier alpha value is -4.81. The fourth-order valence-electron chi connectivity index (χ4n) is 5.35. The zero-order chi connectivity index (χ0) is 37.3. The number of likely N-dealkylation sites (N-methyl/N-ethyl adjacent to an activating group) is 1. The predicted molar refractivity (Wildman–Crippen MR) is 199 cm³/mol. The Kier molecular flexibility index (Phi) is 16.5. The number of aromatic nitrogens is 2. The van der Waals surface area contributed by atoms with E-state index in [9.17, 15) is 19.2 Å². The van der Waals surface area contributed by atoms with Crippen molar-refractivity contribution in [3.63, 3.8) is 0 Å². The second-order valence-corrected chi connectivity index (χ2v) is 12.5. The Labute approximate surface area is 305 Å². The molecule has 2 N–H and O–H groups in total. The van der Waals surface area contributed by atoms with E-state index in [-0.39, 0.29) is 17.6 Å². The summed E-state index contributed by atoms with van der Waals surface area (Å²) >= 11 is 4.03. The molecule has 12 heteroatoms. The number of nitrogens with zero attached hydrogens (tertiary/aromatic N) is 4. The monoisotopic (exact) mass is 716 g/mol. The number of thiol groups is 1. The average Bonchev–Trinajstić information content (AvgIpc) is 3.86. The molecule has 1 fully saturated rings. The highest BCUT2D eigenvalue weighted by molar-refractivity contribution is 7.80. The summed E-state index contributed by atoms with van der Waals surface area (Å²) in [6.07, 6.45) is 2.16. The topological polar surface area (TPSA) is 154 Å². The van der Waals surface area contributed by atoms with Crippen molar-refractivity contribution in [2.24, 2.45) is 5.92 Å². The number of aliphatic carboxylic acids is 2. The molecule has 1 unspecified atom stereocenters. The quantitative estimate of drug-likeness (QED) is 0.105. The standard InChI is InChI=1S/C16H14O3.C14H19N3O.C9H15NO3S/c1-11(16(18)19)13-8-5-9-14(10-13)15(17)12-6-3-2-4-7-12;1-3-17(4-2)11-10-13-15-14(16-18-13)12-8-6-5-7-9-12;1-6(5-14)8(11)10-4-2-3-7(10)9(12)13/h2-11H,1H3,(H,18,19);5-9H,3-4,10-11H2,1-2H3;6-7,14H,2-5H2,1H3,(H,12,13)/t;;6-,7+/m..1/s1.